The topological polar surface area (TPSA) is 59.6 Å². The first-order chi connectivity index (χ1) is 11.7. The summed E-state index contributed by atoms with van der Waals surface area (Å²) in [7, 11) is 1.62. The van der Waals surface area contributed by atoms with Gasteiger partial charge in [0.1, 0.15) is 11.5 Å². The van der Waals surface area contributed by atoms with Gasteiger partial charge in [-0.25, -0.2) is 4.79 Å². The Bertz CT molecular complexity index is 630. The number of ether oxygens (including phenoxy) is 2. The smallest absolute Gasteiger partial charge is 0.315 e. The number of hydrogen-bond donors (Lipinski definition) is 2. The molecule has 24 heavy (non-hydrogen) atoms. The average Bonchev–Trinajstić information content (AvgIpc) is 2.61. The third-order valence-corrected chi connectivity index (χ3v) is 3.55. The third-order valence-electron chi connectivity index (χ3n) is 3.30. The molecule has 0 aliphatic heterocycles. The van der Waals surface area contributed by atoms with E-state index in [4.69, 9.17) is 21.1 Å². The Morgan fingerprint density at radius 2 is 1.67 bits per heavy atom. The minimum Gasteiger partial charge on any atom is -0.497 e. The lowest BCUT2D eigenvalue weighted by Crippen LogP contribution is -2.35. The van der Waals surface area contributed by atoms with E-state index in [2.05, 4.69) is 10.6 Å². The number of amides is 2. The van der Waals surface area contributed by atoms with Crippen molar-refractivity contribution in [3.05, 3.63) is 59.1 Å². The Morgan fingerprint density at radius 3 is 2.33 bits per heavy atom. The standard InChI is InChI=1S/C18H21ClN2O3/c1-23-16-7-9-17(10-8-16)24-12-2-11-20-18(22)21-13-14-3-5-15(19)6-4-14/h3-10H,2,11-13H2,1H3,(H2,20,21,22). The van der Waals surface area contributed by atoms with E-state index in [1.165, 1.54) is 0 Å². The van der Waals surface area contributed by atoms with E-state index in [1.807, 2.05) is 36.4 Å². The van der Waals surface area contributed by atoms with Gasteiger partial charge in [-0.15, -0.1) is 0 Å². The fourth-order valence-corrected chi connectivity index (χ4v) is 2.11. The summed E-state index contributed by atoms with van der Waals surface area (Å²) >= 11 is 5.81. The predicted octanol–water partition coefficient (Wildman–Crippen LogP) is 3.62. The van der Waals surface area contributed by atoms with Crippen LogP contribution in [0.1, 0.15) is 12.0 Å². The van der Waals surface area contributed by atoms with Gasteiger partial charge in [0.05, 0.1) is 13.7 Å². The molecule has 0 atom stereocenters. The molecular weight excluding hydrogens is 328 g/mol. The van der Waals surface area contributed by atoms with E-state index in [0.29, 0.717) is 24.7 Å². The van der Waals surface area contributed by atoms with Crippen LogP contribution in [0.2, 0.25) is 5.02 Å². The maximum Gasteiger partial charge on any atom is 0.315 e. The molecule has 0 fully saturated rings. The Morgan fingerprint density at radius 1 is 1.00 bits per heavy atom. The van der Waals surface area contributed by atoms with E-state index < -0.39 is 0 Å². The zero-order valence-electron chi connectivity index (χ0n) is 13.5. The minimum absolute atomic E-state index is 0.200. The fraction of sp³-hybridized carbons (Fsp3) is 0.278. The van der Waals surface area contributed by atoms with Gasteiger partial charge >= 0.3 is 6.03 Å². The fourth-order valence-electron chi connectivity index (χ4n) is 1.98. The molecule has 5 nitrogen and oxygen atoms in total. The summed E-state index contributed by atoms with van der Waals surface area (Å²) in [4.78, 5) is 11.7. The molecule has 2 aromatic rings. The second-order valence-corrected chi connectivity index (χ2v) is 5.55. The van der Waals surface area contributed by atoms with E-state index in [9.17, 15) is 4.79 Å². The van der Waals surface area contributed by atoms with Crippen LogP contribution in [0.4, 0.5) is 4.79 Å². The van der Waals surface area contributed by atoms with Gasteiger partial charge in [0.25, 0.3) is 0 Å². The van der Waals surface area contributed by atoms with Crippen molar-refractivity contribution in [1.29, 1.82) is 0 Å². The van der Waals surface area contributed by atoms with Gasteiger partial charge in [0, 0.05) is 18.1 Å². The molecule has 6 heteroatoms. The van der Waals surface area contributed by atoms with Crippen LogP contribution in [0, 0.1) is 0 Å². The number of nitrogens with one attached hydrogen (secondary N) is 2. The Hall–Kier alpha value is -2.40. The molecule has 0 radical (unpaired) electrons. The lowest BCUT2D eigenvalue weighted by Gasteiger charge is -2.09. The zero-order chi connectivity index (χ0) is 17.2. The van der Waals surface area contributed by atoms with Crippen molar-refractivity contribution in [3.63, 3.8) is 0 Å². The maximum atomic E-state index is 11.7. The summed E-state index contributed by atoms with van der Waals surface area (Å²) in [5.41, 5.74) is 0.998. The van der Waals surface area contributed by atoms with Crippen LogP contribution in [0.25, 0.3) is 0 Å². The highest BCUT2D eigenvalue weighted by atomic mass is 35.5. The third kappa shape index (κ3) is 6.38. The van der Waals surface area contributed by atoms with Crippen LogP contribution in [-0.4, -0.2) is 26.3 Å². The zero-order valence-corrected chi connectivity index (χ0v) is 14.3. The summed E-state index contributed by atoms with van der Waals surface area (Å²) in [5, 5.41) is 6.27. The number of rotatable bonds is 8. The molecule has 0 aliphatic carbocycles. The molecule has 2 amide bonds. The van der Waals surface area contributed by atoms with Crippen molar-refractivity contribution >= 4 is 17.6 Å². The molecule has 2 N–H and O–H groups in total. The molecule has 0 unspecified atom stereocenters. The van der Waals surface area contributed by atoms with E-state index in [1.54, 1.807) is 19.2 Å². The largest absolute Gasteiger partial charge is 0.497 e. The maximum absolute atomic E-state index is 11.7. The summed E-state index contributed by atoms with van der Waals surface area (Å²) in [6.45, 7) is 1.54. The van der Waals surface area contributed by atoms with Crippen LogP contribution in [0.15, 0.2) is 48.5 Å². The Balaban J connectivity index is 1.56. The molecular formula is C18H21ClN2O3. The van der Waals surface area contributed by atoms with E-state index in [0.717, 1.165) is 23.5 Å². The van der Waals surface area contributed by atoms with E-state index >= 15 is 0 Å². The van der Waals surface area contributed by atoms with Gasteiger partial charge in [-0.3, -0.25) is 0 Å². The van der Waals surface area contributed by atoms with Crippen LogP contribution >= 0.6 is 11.6 Å². The van der Waals surface area contributed by atoms with Crippen molar-refractivity contribution in [3.8, 4) is 11.5 Å². The molecule has 0 spiro atoms. The van der Waals surface area contributed by atoms with Gasteiger partial charge in [0.2, 0.25) is 0 Å². The lowest BCUT2D eigenvalue weighted by atomic mass is 10.2. The molecule has 0 aliphatic rings. The van der Waals surface area contributed by atoms with Gasteiger partial charge in [-0.2, -0.15) is 0 Å². The summed E-state index contributed by atoms with van der Waals surface area (Å²) in [6.07, 6.45) is 0.723. The second kappa shape index (κ2) is 9.67. The molecule has 2 rings (SSSR count). The van der Waals surface area contributed by atoms with Gasteiger partial charge in [-0.05, 0) is 48.4 Å². The highest BCUT2D eigenvalue weighted by molar-refractivity contribution is 6.30. The first kappa shape index (κ1) is 17.9. The van der Waals surface area contributed by atoms with Crippen LogP contribution in [-0.2, 0) is 6.54 Å². The Kier molecular flexibility index (Phi) is 7.23. The van der Waals surface area contributed by atoms with Gasteiger partial charge < -0.3 is 20.1 Å². The number of carbonyl (C=O) groups excluding carboxylic acids is 1. The van der Waals surface area contributed by atoms with Crippen LogP contribution < -0.4 is 20.1 Å². The first-order valence-electron chi connectivity index (χ1n) is 7.70. The van der Waals surface area contributed by atoms with Crippen molar-refractivity contribution < 1.29 is 14.3 Å². The summed E-state index contributed by atoms with van der Waals surface area (Å²) < 4.78 is 10.7. The quantitative estimate of drug-likeness (QED) is 0.716. The van der Waals surface area contributed by atoms with Crippen LogP contribution in [0.5, 0.6) is 11.5 Å². The number of benzene rings is 2. The van der Waals surface area contributed by atoms with Crippen molar-refractivity contribution in [1.82, 2.24) is 10.6 Å². The molecule has 0 aromatic heterocycles. The molecule has 0 saturated heterocycles. The number of methoxy groups -OCH3 is 1. The first-order valence-corrected chi connectivity index (χ1v) is 8.08. The number of halogens is 1. The van der Waals surface area contributed by atoms with Crippen LogP contribution in [0.3, 0.4) is 0 Å². The minimum atomic E-state index is -0.200. The molecule has 0 saturated carbocycles. The molecule has 0 bridgehead atoms. The highest BCUT2D eigenvalue weighted by Crippen LogP contribution is 2.16. The molecule has 2 aromatic carbocycles. The SMILES string of the molecule is COc1ccc(OCCCNC(=O)NCc2ccc(Cl)cc2)cc1. The van der Waals surface area contributed by atoms with Gasteiger partial charge in [0.15, 0.2) is 0 Å². The van der Waals surface area contributed by atoms with Crippen molar-refractivity contribution in [2.45, 2.75) is 13.0 Å². The van der Waals surface area contributed by atoms with E-state index in [-0.39, 0.29) is 6.03 Å². The second-order valence-electron chi connectivity index (χ2n) is 5.11. The molecule has 0 heterocycles. The predicted molar refractivity (Wildman–Crippen MR) is 94.8 cm³/mol. The number of hydrogen-bond acceptors (Lipinski definition) is 3. The Labute approximate surface area is 146 Å². The normalized spacial score (nSPS) is 10.1. The monoisotopic (exact) mass is 348 g/mol. The molecule has 128 valence electrons. The lowest BCUT2D eigenvalue weighted by molar-refractivity contribution is 0.238. The van der Waals surface area contributed by atoms with Crippen molar-refractivity contribution in [2.24, 2.45) is 0 Å². The number of urea groups is 1. The summed E-state index contributed by atoms with van der Waals surface area (Å²) in [5.74, 6) is 1.57. The highest BCUT2D eigenvalue weighted by Gasteiger charge is 2.00. The van der Waals surface area contributed by atoms with Crippen molar-refractivity contribution in [2.75, 3.05) is 20.3 Å². The summed E-state index contributed by atoms with van der Waals surface area (Å²) in [6, 6.07) is 14.6. The van der Waals surface area contributed by atoms with Gasteiger partial charge in [-0.1, -0.05) is 23.7 Å². The average molecular weight is 349 g/mol. The number of carbonyl (C=O) groups is 1.